The van der Waals surface area contributed by atoms with Crippen LogP contribution in [0.1, 0.15) is 26.9 Å². The number of aromatic nitrogens is 2. The standard InChI is InChI=1S/C15H15ClN4O3/c1-10-17-18-13(23-10)15(22)20-7-5-19(6-8-20)14(21)11-3-2-4-12(16)9-11/h2-4,9H,5-8H2,1H3. The minimum atomic E-state index is -0.305. The molecule has 0 unspecified atom stereocenters. The fraction of sp³-hybridized carbons (Fsp3) is 0.333. The molecule has 23 heavy (non-hydrogen) atoms. The van der Waals surface area contributed by atoms with E-state index < -0.39 is 0 Å². The van der Waals surface area contributed by atoms with Crippen molar-refractivity contribution in [2.24, 2.45) is 0 Å². The van der Waals surface area contributed by atoms with Gasteiger partial charge in [-0.15, -0.1) is 10.2 Å². The molecule has 1 aromatic heterocycles. The van der Waals surface area contributed by atoms with Crippen molar-refractivity contribution in [1.29, 1.82) is 0 Å². The van der Waals surface area contributed by atoms with Gasteiger partial charge in [0.05, 0.1) is 0 Å². The molecule has 0 radical (unpaired) electrons. The van der Waals surface area contributed by atoms with Gasteiger partial charge >= 0.3 is 11.8 Å². The molecule has 0 saturated carbocycles. The number of amides is 2. The second-order valence-electron chi connectivity index (χ2n) is 5.22. The monoisotopic (exact) mass is 334 g/mol. The van der Waals surface area contributed by atoms with Gasteiger partial charge in [0.2, 0.25) is 5.89 Å². The van der Waals surface area contributed by atoms with Crippen molar-refractivity contribution in [2.75, 3.05) is 26.2 Å². The zero-order valence-corrected chi connectivity index (χ0v) is 13.3. The van der Waals surface area contributed by atoms with Crippen LogP contribution in [0.3, 0.4) is 0 Å². The van der Waals surface area contributed by atoms with Crippen LogP contribution in [0, 0.1) is 6.92 Å². The SMILES string of the molecule is Cc1nnc(C(=O)N2CCN(C(=O)c3cccc(Cl)c3)CC2)o1. The Morgan fingerprint density at radius 3 is 2.30 bits per heavy atom. The second-order valence-corrected chi connectivity index (χ2v) is 5.66. The zero-order valence-electron chi connectivity index (χ0n) is 12.5. The number of aryl methyl sites for hydroxylation is 1. The lowest BCUT2D eigenvalue weighted by Crippen LogP contribution is -2.50. The number of rotatable bonds is 2. The van der Waals surface area contributed by atoms with Gasteiger partial charge in [0.15, 0.2) is 0 Å². The summed E-state index contributed by atoms with van der Waals surface area (Å²) in [5.74, 6) is -0.0612. The maximum atomic E-state index is 12.4. The highest BCUT2D eigenvalue weighted by atomic mass is 35.5. The number of halogens is 1. The zero-order chi connectivity index (χ0) is 16.4. The Balaban J connectivity index is 1.62. The number of nitrogens with zero attached hydrogens (tertiary/aromatic N) is 4. The molecule has 1 fully saturated rings. The van der Waals surface area contributed by atoms with E-state index in [1.807, 2.05) is 0 Å². The lowest BCUT2D eigenvalue weighted by Gasteiger charge is -2.34. The Morgan fingerprint density at radius 1 is 1.09 bits per heavy atom. The first-order valence-corrected chi connectivity index (χ1v) is 7.56. The molecule has 1 aliphatic rings. The molecule has 1 aromatic carbocycles. The number of piperazine rings is 1. The average Bonchev–Trinajstić information content (AvgIpc) is 3.00. The first-order valence-electron chi connectivity index (χ1n) is 7.19. The molecule has 0 bridgehead atoms. The first-order chi connectivity index (χ1) is 11.0. The van der Waals surface area contributed by atoms with E-state index in [4.69, 9.17) is 16.0 Å². The highest BCUT2D eigenvalue weighted by molar-refractivity contribution is 6.30. The van der Waals surface area contributed by atoms with E-state index in [2.05, 4.69) is 10.2 Å². The highest BCUT2D eigenvalue weighted by Crippen LogP contribution is 2.15. The van der Waals surface area contributed by atoms with E-state index in [0.29, 0.717) is 42.7 Å². The van der Waals surface area contributed by atoms with Crippen LogP contribution in [0.2, 0.25) is 5.02 Å². The Hall–Kier alpha value is -2.41. The van der Waals surface area contributed by atoms with Gasteiger partial charge in [0.25, 0.3) is 5.91 Å². The molecule has 0 spiro atoms. The predicted molar refractivity (Wildman–Crippen MR) is 82.3 cm³/mol. The normalized spacial score (nSPS) is 14.9. The molecule has 3 rings (SSSR count). The van der Waals surface area contributed by atoms with Crippen LogP contribution in [-0.2, 0) is 0 Å². The van der Waals surface area contributed by atoms with Crippen molar-refractivity contribution in [1.82, 2.24) is 20.0 Å². The fourth-order valence-electron chi connectivity index (χ4n) is 2.43. The number of benzene rings is 1. The van der Waals surface area contributed by atoms with Crippen LogP contribution in [0.4, 0.5) is 0 Å². The van der Waals surface area contributed by atoms with E-state index >= 15 is 0 Å². The van der Waals surface area contributed by atoms with Gasteiger partial charge in [-0.2, -0.15) is 0 Å². The Bertz CT molecular complexity index is 738. The molecule has 2 amide bonds. The van der Waals surface area contributed by atoms with Gasteiger partial charge in [-0.1, -0.05) is 17.7 Å². The van der Waals surface area contributed by atoms with Crippen molar-refractivity contribution in [2.45, 2.75) is 6.92 Å². The smallest absolute Gasteiger partial charge is 0.311 e. The molecule has 0 atom stereocenters. The van der Waals surface area contributed by atoms with Gasteiger partial charge in [0.1, 0.15) is 0 Å². The molecular weight excluding hydrogens is 320 g/mol. The van der Waals surface area contributed by atoms with Crippen LogP contribution < -0.4 is 0 Å². The maximum Gasteiger partial charge on any atom is 0.311 e. The quantitative estimate of drug-likeness (QED) is 0.834. The second kappa shape index (κ2) is 6.37. The summed E-state index contributed by atoms with van der Waals surface area (Å²) in [5.41, 5.74) is 0.546. The van der Waals surface area contributed by atoms with Crippen molar-refractivity contribution in [3.05, 3.63) is 46.6 Å². The van der Waals surface area contributed by atoms with Crippen molar-refractivity contribution in [3.63, 3.8) is 0 Å². The number of hydrogen-bond donors (Lipinski definition) is 0. The van der Waals surface area contributed by atoms with E-state index in [0.717, 1.165) is 0 Å². The lowest BCUT2D eigenvalue weighted by molar-refractivity contribution is 0.0512. The topological polar surface area (TPSA) is 79.5 Å². The minimum absolute atomic E-state index is 0.0166. The third-order valence-electron chi connectivity index (χ3n) is 3.63. The summed E-state index contributed by atoms with van der Waals surface area (Å²) in [5, 5.41) is 7.91. The summed E-state index contributed by atoms with van der Waals surface area (Å²) < 4.78 is 5.15. The van der Waals surface area contributed by atoms with E-state index in [-0.39, 0.29) is 17.7 Å². The number of carbonyl (C=O) groups excluding carboxylic acids is 2. The number of carbonyl (C=O) groups is 2. The summed E-state index contributed by atoms with van der Waals surface area (Å²) in [7, 11) is 0. The third kappa shape index (κ3) is 3.34. The summed E-state index contributed by atoms with van der Waals surface area (Å²) in [6.45, 7) is 3.37. The molecule has 2 heterocycles. The molecular formula is C15H15ClN4O3. The Kier molecular flexibility index (Phi) is 4.29. The van der Waals surface area contributed by atoms with Crippen LogP contribution >= 0.6 is 11.6 Å². The molecule has 0 aliphatic carbocycles. The van der Waals surface area contributed by atoms with Crippen LogP contribution in [0.15, 0.2) is 28.7 Å². The molecule has 8 heteroatoms. The molecule has 120 valence electrons. The third-order valence-corrected chi connectivity index (χ3v) is 3.87. The van der Waals surface area contributed by atoms with Crippen molar-refractivity contribution >= 4 is 23.4 Å². The van der Waals surface area contributed by atoms with Gasteiger partial charge in [-0.3, -0.25) is 9.59 Å². The average molecular weight is 335 g/mol. The Labute approximate surface area is 137 Å². The van der Waals surface area contributed by atoms with Crippen molar-refractivity contribution < 1.29 is 14.0 Å². The van der Waals surface area contributed by atoms with Gasteiger partial charge < -0.3 is 14.2 Å². The number of hydrogen-bond acceptors (Lipinski definition) is 5. The highest BCUT2D eigenvalue weighted by Gasteiger charge is 2.28. The molecule has 1 aliphatic heterocycles. The minimum Gasteiger partial charge on any atom is -0.417 e. The predicted octanol–water partition coefficient (Wildman–Crippen LogP) is 1.63. The molecule has 0 N–H and O–H groups in total. The maximum absolute atomic E-state index is 12.4. The van der Waals surface area contributed by atoms with Crippen LogP contribution in [-0.4, -0.2) is 58.0 Å². The van der Waals surface area contributed by atoms with E-state index in [9.17, 15) is 9.59 Å². The molecule has 7 nitrogen and oxygen atoms in total. The molecule has 1 saturated heterocycles. The lowest BCUT2D eigenvalue weighted by atomic mass is 10.2. The Morgan fingerprint density at radius 2 is 1.74 bits per heavy atom. The van der Waals surface area contributed by atoms with E-state index in [1.165, 1.54) is 0 Å². The largest absolute Gasteiger partial charge is 0.417 e. The summed E-state index contributed by atoms with van der Waals surface area (Å²) in [4.78, 5) is 27.9. The van der Waals surface area contributed by atoms with E-state index in [1.54, 1.807) is 41.0 Å². The van der Waals surface area contributed by atoms with Crippen LogP contribution in [0.5, 0.6) is 0 Å². The first kappa shape index (κ1) is 15.5. The van der Waals surface area contributed by atoms with Gasteiger partial charge in [-0.25, -0.2) is 0 Å². The fourth-order valence-corrected chi connectivity index (χ4v) is 2.63. The summed E-state index contributed by atoms with van der Waals surface area (Å²) in [6.07, 6.45) is 0. The van der Waals surface area contributed by atoms with Gasteiger partial charge in [0, 0.05) is 43.7 Å². The summed E-state index contributed by atoms with van der Waals surface area (Å²) >= 11 is 5.92. The van der Waals surface area contributed by atoms with Gasteiger partial charge in [-0.05, 0) is 18.2 Å². The molecule has 2 aromatic rings. The van der Waals surface area contributed by atoms with Crippen LogP contribution in [0.25, 0.3) is 0 Å². The van der Waals surface area contributed by atoms with Crippen molar-refractivity contribution in [3.8, 4) is 0 Å². The summed E-state index contributed by atoms with van der Waals surface area (Å²) in [6, 6.07) is 6.84.